The maximum atomic E-state index is 11.1. The Labute approximate surface area is 94.8 Å². The van der Waals surface area contributed by atoms with Crippen molar-refractivity contribution in [2.75, 3.05) is 12.4 Å². The minimum Gasteiger partial charge on any atom is -0.466 e. The summed E-state index contributed by atoms with van der Waals surface area (Å²) in [5.41, 5.74) is 0.726. The molecule has 0 aromatic heterocycles. The van der Waals surface area contributed by atoms with Gasteiger partial charge in [0.25, 0.3) is 0 Å². The van der Waals surface area contributed by atoms with Crippen molar-refractivity contribution < 1.29 is 9.53 Å². The van der Waals surface area contributed by atoms with Crippen molar-refractivity contribution in [2.45, 2.75) is 39.0 Å². The van der Waals surface area contributed by atoms with Crippen molar-refractivity contribution in [3.8, 4) is 0 Å². The fourth-order valence-corrected chi connectivity index (χ4v) is 1.63. The molecule has 0 bridgehead atoms. The van der Waals surface area contributed by atoms with Gasteiger partial charge < -0.3 is 4.74 Å². The third-order valence-electron chi connectivity index (χ3n) is 2.04. The molecule has 14 heavy (non-hydrogen) atoms. The fraction of sp³-hybridized carbons (Fsp3) is 0.727. The van der Waals surface area contributed by atoms with Crippen LogP contribution in [0.15, 0.2) is 11.6 Å². The summed E-state index contributed by atoms with van der Waals surface area (Å²) >= 11 is 3.27. The lowest BCUT2D eigenvalue weighted by atomic mass is 10.1. The Morgan fingerprint density at radius 2 is 2.07 bits per heavy atom. The molecule has 0 aromatic rings. The van der Waals surface area contributed by atoms with Crippen LogP contribution in [-0.2, 0) is 9.53 Å². The van der Waals surface area contributed by atoms with Crippen LogP contribution in [0.3, 0.4) is 0 Å². The van der Waals surface area contributed by atoms with E-state index < -0.39 is 0 Å². The Balaban J connectivity index is 3.76. The second-order valence-electron chi connectivity index (χ2n) is 3.20. The van der Waals surface area contributed by atoms with Gasteiger partial charge >= 0.3 is 5.97 Å². The summed E-state index contributed by atoms with van der Waals surface area (Å²) in [6.07, 6.45) is 7.85. The highest BCUT2D eigenvalue weighted by atomic mass is 79.9. The van der Waals surface area contributed by atoms with Crippen LogP contribution >= 0.6 is 15.9 Å². The molecule has 0 atom stereocenters. The van der Waals surface area contributed by atoms with Gasteiger partial charge in [-0.3, -0.25) is 0 Å². The topological polar surface area (TPSA) is 26.3 Å². The molecule has 0 radical (unpaired) electrons. The Morgan fingerprint density at radius 1 is 1.36 bits per heavy atom. The van der Waals surface area contributed by atoms with Crippen molar-refractivity contribution >= 4 is 21.9 Å². The zero-order chi connectivity index (χ0) is 10.8. The maximum absolute atomic E-state index is 11.1. The smallest absolute Gasteiger partial charge is 0.334 e. The van der Waals surface area contributed by atoms with Crippen LogP contribution in [0.25, 0.3) is 0 Å². The lowest BCUT2D eigenvalue weighted by Gasteiger charge is -2.01. The molecule has 0 heterocycles. The van der Waals surface area contributed by atoms with Gasteiger partial charge in [-0.15, -0.1) is 0 Å². The van der Waals surface area contributed by atoms with E-state index in [-0.39, 0.29) is 5.97 Å². The molecule has 0 N–H and O–H groups in total. The lowest BCUT2D eigenvalue weighted by molar-refractivity contribution is -0.135. The number of rotatable bonds is 7. The molecular weight excluding hydrogens is 244 g/mol. The average molecular weight is 263 g/mol. The predicted molar refractivity (Wildman–Crippen MR) is 62.7 cm³/mol. The van der Waals surface area contributed by atoms with Gasteiger partial charge in [-0.05, 0) is 12.8 Å². The summed E-state index contributed by atoms with van der Waals surface area (Å²) in [6.45, 7) is 2.19. The van der Waals surface area contributed by atoms with Gasteiger partial charge in [0, 0.05) is 10.9 Å². The molecule has 0 fully saturated rings. The number of halogens is 1. The van der Waals surface area contributed by atoms with Gasteiger partial charge in [-0.1, -0.05) is 48.2 Å². The highest BCUT2D eigenvalue weighted by Gasteiger charge is 2.06. The number of ether oxygens (including phenoxy) is 1. The van der Waals surface area contributed by atoms with Crippen molar-refractivity contribution in [3.05, 3.63) is 11.6 Å². The molecular formula is C11H19BrO2. The van der Waals surface area contributed by atoms with E-state index in [1.165, 1.54) is 26.4 Å². The SMILES string of the molecule is CCCCCC/C=C(\CBr)C(=O)OC. The van der Waals surface area contributed by atoms with E-state index in [9.17, 15) is 4.79 Å². The van der Waals surface area contributed by atoms with E-state index in [4.69, 9.17) is 0 Å². The molecule has 0 saturated heterocycles. The monoisotopic (exact) mass is 262 g/mol. The Hall–Kier alpha value is -0.310. The number of hydrogen-bond donors (Lipinski definition) is 0. The summed E-state index contributed by atoms with van der Waals surface area (Å²) in [7, 11) is 1.41. The molecule has 0 spiro atoms. The normalized spacial score (nSPS) is 11.5. The zero-order valence-electron chi connectivity index (χ0n) is 9.01. The molecule has 3 heteroatoms. The number of hydrogen-bond acceptors (Lipinski definition) is 2. The van der Waals surface area contributed by atoms with Gasteiger partial charge in [0.05, 0.1) is 7.11 Å². The number of carbonyl (C=O) groups excluding carboxylic acids is 1. The van der Waals surface area contributed by atoms with E-state index >= 15 is 0 Å². The number of alkyl halides is 1. The Bertz CT molecular complexity index is 188. The van der Waals surface area contributed by atoms with Gasteiger partial charge in [0.15, 0.2) is 0 Å². The van der Waals surface area contributed by atoms with Crippen LogP contribution in [0.4, 0.5) is 0 Å². The minimum absolute atomic E-state index is 0.225. The quantitative estimate of drug-likeness (QED) is 0.304. The average Bonchev–Trinajstić information content (AvgIpc) is 2.22. The van der Waals surface area contributed by atoms with Crippen molar-refractivity contribution in [1.82, 2.24) is 0 Å². The molecule has 0 rings (SSSR count). The lowest BCUT2D eigenvalue weighted by Crippen LogP contribution is -2.05. The van der Waals surface area contributed by atoms with Crippen LogP contribution in [-0.4, -0.2) is 18.4 Å². The second kappa shape index (κ2) is 9.25. The zero-order valence-corrected chi connectivity index (χ0v) is 10.6. The van der Waals surface area contributed by atoms with E-state index in [0.29, 0.717) is 5.33 Å². The van der Waals surface area contributed by atoms with E-state index in [0.717, 1.165) is 18.4 Å². The van der Waals surface area contributed by atoms with E-state index in [1.54, 1.807) is 0 Å². The molecule has 0 aliphatic heterocycles. The largest absolute Gasteiger partial charge is 0.466 e. The molecule has 0 saturated carbocycles. The van der Waals surface area contributed by atoms with E-state index in [1.807, 2.05) is 6.08 Å². The third-order valence-corrected chi connectivity index (χ3v) is 2.64. The highest BCUT2D eigenvalue weighted by Crippen LogP contribution is 2.08. The summed E-state index contributed by atoms with van der Waals surface area (Å²) in [5, 5.41) is 0.577. The molecule has 0 aliphatic rings. The molecule has 0 unspecified atom stereocenters. The molecule has 0 aromatic carbocycles. The molecule has 82 valence electrons. The standard InChI is InChI=1S/C11H19BrO2/c1-3-4-5-6-7-8-10(9-12)11(13)14-2/h8H,3-7,9H2,1-2H3/b10-8+. The van der Waals surface area contributed by atoms with Gasteiger partial charge in [-0.25, -0.2) is 4.79 Å². The highest BCUT2D eigenvalue weighted by molar-refractivity contribution is 9.09. The van der Waals surface area contributed by atoms with Crippen LogP contribution in [0.5, 0.6) is 0 Å². The summed E-state index contributed by atoms with van der Waals surface area (Å²) in [6, 6.07) is 0. The number of unbranched alkanes of at least 4 members (excludes halogenated alkanes) is 4. The van der Waals surface area contributed by atoms with Gasteiger partial charge in [0.2, 0.25) is 0 Å². The van der Waals surface area contributed by atoms with Crippen LogP contribution < -0.4 is 0 Å². The van der Waals surface area contributed by atoms with Gasteiger partial charge in [0.1, 0.15) is 0 Å². The molecule has 0 aliphatic carbocycles. The van der Waals surface area contributed by atoms with Crippen molar-refractivity contribution in [2.24, 2.45) is 0 Å². The fourth-order valence-electron chi connectivity index (χ4n) is 1.17. The summed E-state index contributed by atoms with van der Waals surface area (Å²) < 4.78 is 4.64. The number of esters is 1. The van der Waals surface area contributed by atoms with Crippen molar-refractivity contribution in [3.63, 3.8) is 0 Å². The summed E-state index contributed by atoms with van der Waals surface area (Å²) in [5.74, 6) is -0.225. The maximum Gasteiger partial charge on any atom is 0.334 e. The number of carbonyl (C=O) groups is 1. The Kier molecular flexibility index (Phi) is 9.05. The van der Waals surface area contributed by atoms with Crippen molar-refractivity contribution in [1.29, 1.82) is 0 Å². The summed E-state index contributed by atoms with van der Waals surface area (Å²) in [4.78, 5) is 11.1. The van der Waals surface area contributed by atoms with Crippen LogP contribution in [0.1, 0.15) is 39.0 Å². The Morgan fingerprint density at radius 3 is 2.57 bits per heavy atom. The molecule has 2 nitrogen and oxygen atoms in total. The molecule has 0 amide bonds. The first-order valence-corrected chi connectivity index (χ1v) is 6.21. The first-order valence-electron chi connectivity index (χ1n) is 5.09. The first-order chi connectivity index (χ1) is 6.76. The first kappa shape index (κ1) is 13.7. The number of methoxy groups -OCH3 is 1. The third kappa shape index (κ3) is 6.19. The minimum atomic E-state index is -0.225. The second-order valence-corrected chi connectivity index (χ2v) is 3.76. The van der Waals surface area contributed by atoms with E-state index in [2.05, 4.69) is 27.6 Å². The van der Waals surface area contributed by atoms with Crippen LogP contribution in [0, 0.1) is 0 Å². The van der Waals surface area contributed by atoms with Gasteiger partial charge in [-0.2, -0.15) is 0 Å². The van der Waals surface area contributed by atoms with Crippen LogP contribution in [0.2, 0.25) is 0 Å². The number of allylic oxidation sites excluding steroid dienone is 1. The predicted octanol–water partition coefficient (Wildman–Crippen LogP) is 3.45.